The van der Waals surface area contributed by atoms with Crippen molar-refractivity contribution in [1.82, 2.24) is 35.7 Å². The van der Waals surface area contributed by atoms with Crippen molar-refractivity contribution in [3.63, 3.8) is 0 Å². The molecule has 0 saturated carbocycles. The summed E-state index contributed by atoms with van der Waals surface area (Å²) in [5.41, 5.74) is 2.02. The van der Waals surface area contributed by atoms with Crippen LogP contribution in [0.15, 0.2) is 54.6 Å². The number of aromatic nitrogens is 4. The summed E-state index contributed by atoms with van der Waals surface area (Å²) in [6.07, 6.45) is 0. The fraction of sp³-hybridized carbons (Fsp3) is 0.350. The van der Waals surface area contributed by atoms with Crippen LogP contribution in [0.2, 0.25) is 0 Å². The van der Waals surface area contributed by atoms with Gasteiger partial charge in [-0.3, -0.25) is 4.90 Å². The maximum Gasteiger partial charge on any atom is 0.345 e. The van der Waals surface area contributed by atoms with E-state index in [-0.39, 0.29) is 0 Å². The number of para-hydroxylation sites is 1. The van der Waals surface area contributed by atoms with Gasteiger partial charge in [0.05, 0.1) is 5.69 Å². The monoisotopic (exact) mass is 379 g/mol. The molecule has 1 saturated heterocycles. The largest absolute Gasteiger partial charge is 0.423 e. The Morgan fingerprint density at radius 1 is 1.04 bits per heavy atom. The summed E-state index contributed by atoms with van der Waals surface area (Å²) < 4.78 is 7.51. The van der Waals surface area contributed by atoms with Gasteiger partial charge in [0.15, 0.2) is 0 Å². The Hall–Kier alpha value is -2.81. The topological polar surface area (TPSA) is 80.1 Å². The van der Waals surface area contributed by atoms with Gasteiger partial charge in [-0.05, 0) is 40.3 Å². The minimum absolute atomic E-state index is 0.343. The average Bonchev–Trinajstić information content (AvgIpc) is 3.21. The van der Waals surface area contributed by atoms with Gasteiger partial charge < -0.3 is 15.4 Å². The third-order valence-corrected chi connectivity index (χ3v) is 4.69. The first-order valence-corrected chi connectivity index (χ1v) is 9.63. The lowest BCUT2D eigenvalue weighted by Gasteiger charge is -2.27. The Balaban J connectivity index is 1.32. The van der Waals surface area contributed by atoms with E-state index in [9.17, 15) is 0 Å². The zero-order chi connectivity index (χ0) is 19.0. The lowest BCUT2D eigenvalue weighted by molar-refractivity contribution is 0.241. The molecular weight excluding hydrogens is 354 g/mol. The maximum atomic E-state index is 5.93. The number of benzene rings is 2. The van der Waals surface area contributed by atoms with E-state index in [1.165, 1.54) is 0 Å². The van der Waals surface area contributed by atoms with E-state index < -0.39 is 0 Å². The van der Waals surface area contributed by atoms with Crippen molar-refractivity contribution < 1.29 is 4.74 Å². The Morgan fingerprint density at radius 3 is 2.75 bits per heavy atom. The van der Waals surface area contributed by atoms with Crippen LogP contribution in [0.3, 0.4) is 0 Å². The number of nitrogens with one attached hydrogen (secondary N) is 2. The van der Waals surface area contributed by atoms with Crippen molar-refractivity contribution in [3.05, 3.63) is 60.2 Å². The van der Waals surface area contributed by atoms with Gasteiger partial charge in [0.2, 0.25) is 0 Å². The molecule has 8 heteroatoms. The van der Waals surface area contributed by atoms with E-state index in [0.29, 0.717) is 11.8 Å². The molecule has 28 heavy (non-hydrogen) atoms. The zero-order valence-electron chi connectivity index (χ0n) is 15.8. The first-order valence-electron chi connectivity index (χ1n) is 9.63. The quantitative estimate of drug-likeness (QED) is 0.574. The molecule has 0 radical (unpaired) electrons. The molecule has 2 N–H and O–H groups in total. The SMILES string of the molecule is c1ccc(-n2nnnc2Oc2cccc(CNCCN3CCNCC3)c2)cc1. The number of hydrogen-bond donors (Lipinski definition) is 2. The number of rotatable bonds is 8. The smallest absolute Gasteiger partial charge is 0.345 e. The summed E-state index contributed by atoms with van der Waals surface area (Å²) in [7, 11) is 0. The molecule has 0 unspecified atom stereocenters. The Labute approximate surface area is 164 Å². The van der Waals surface area contributed by atoms with Crippen LogP contribution in [0.1, 0.15) is 5.56 Å². The number of hydrogen-bond acceptors (Lipinski definition) is 7. The van der Waals surface area contributed by atoms with Crippen molar-refractivity contribution in [3.8, 4) is 17.4 Å². The third-order valence-electron chi connectivity index (χ3n) is 4.69. The van der Waals surface area contributed by atoms with Crippen LogP contribution in [0.5, 0.6) is 11.8 Å². The summed E-state index contributed by atoms with van der Waals surface area (Å²) in [5, 5.41) is 18.6. The molecule has 1 aliphatic rings. The van der Waals surface area contributed by atoms with Crippen molar-refractivity contribution in [1.29, 1.82) is 0 Å². The van der Waals surface area contributed by atoms with Gasteiger partial charge in [-0.25, -0.2) is 0 Å². The molecule has 0 amide bonds. The predicted molar refractivity (Wildman–Crippen MR) is 107 cm³/mol. The molecule has 4 rings (SSSR count). The van der Waals surface area contributed by atoms with E-state index in [4.69, 9.17) is 4.74 Å². The molecule has 0 bridgehead atoms. The second kappa shape index (κ2) is 9.41. The van der Waals surface area contributed by atoms with E-state index in [0.717, 1.165) is 57.1 Å². The Kier molecular flexibility index (Phi) is 6.23. The van der Waals surface area contributed by atoms with Crippen LogP contribution >= 0.6 is 0 Å². The highest BCUT2D eigenvalue weighted by Gasteiger charge is 2.11. The van der Waals surface area contributed by atoms with Crippen LogP contribution in [0.25, 0.3) is 5.69 Å². The molecule has 146 valence electrons. The second-order valence-electron chi connectivity index (χ2n) is 6.73. The highest BCUT2D eigenvalue weighted by Crippen LogP contribution is 2.22. The van der Waals surface area contributed by atoms with E-state index in [1.807, 2.05) is 48.5 Å². The van der Waals surface area contributed by atoms with Gasteiger partial charge >= 0.3 is 6.01 Å². The fourth-order valence-corrected chi connectivity index (χ4v) is 3.20. The first kappa shape index (κ1) is 18.5. The van der Waals surface area contributed by atoms with Gasteiger partial charge in [0.1, 0.15) is 5.75 Å². The van der Waals surface area contributed by atoms with Crippen molar-refractivity contribution in [2.75, 3.05) is 39.3 Å². The number of ether oxygens (including phenoxy) is 1. The van der Waals surface area contributed by atoms with Crippen molar-refractivity contribution in [2.45, 2.75) is 6.54 Å². The summed E-state index contributed by atoms with van der Waals surface area (Å²) in [6, 6.07) is 18.0. The number of tetrazole rings is 1. The van der Waals surface area contributed by atoms with Gasteiger partial charge in [-0.15, -0.1) is 0 Å². The van der Waals surface area contributed by atoms with Gasteiger partial charge in [0, 0.05) is 45.8 Å². The molecular formula is C20H25N7O. The molecule has 0 atom stereocenters. The first-order chi connectivity index (χ1) is 13.9. The summed E-state index contributed by atoms with van der Waals surface area (Å²) in [4.78, 5) is 2.48. The van der Waals surface area contributed by atoms with E-state index >= 15 is 0 Å². The van der Waals surface area contributed by atoms with Crippen molar-refractivity contribution in [2.24, 2.45) is 0 Å². The minimum atomic E-state index is 0.343. The molecule has 0 aliphatic carbocycles. The van der Waals surface area contributed by atoms with E-state index in [2.05, 4.69) is 37.1 Å². The van der Waals surface area contributed by atoms with E-state index in [1.54, 1.807) is 4.68 Å². The maximum absolute atomic E-state index is 5.93. The highest BCUT2D eigenvalue weighted by atomic mass is 16.5. The van der Waals surface area contributed by atoms with Crippen LogP contribution < -0.4 is 15.4 Å². The molecule has 3 aromatic rings. The van der Waals surface area contributed by atoms with Crippen LogP contribution in [-0.4, -0.2) is 64.4 Å². The second-order valence-corrected chi connectivity index (χ2v) is 6.73. The van der Waals surface area contributed by atoms with Gasteiger partial charge in [0.25, 0.3) is 0 Å². The standard InChI is InChI=1S/C20H25N7O/c1-2-6-18(7-3-1)27-20(23-24-25-27)28-19-8-4-5-17(15-19)16-22-11-14-26-12-9-21-10-13-26/h1-8,15,21-22H,9-14,16H2. The molecule has 2 heterocycles. The van der Waals surface area contributed by atoms with Crippen LogP contribution in [0, 0.1) is 0 Å². The Morgan fingerprint density at radius 2 is 1.89 bits per heavy atom. The predicted octanol–water partition coefficient (Wildman–Crippen LogP) is 1.45. The number of piperazine rings is 1. The molecule has 0 spiro atoms. The summed E-state index contributed by atoms with van der Waals surface area (Å²) in [6.45, 7) is 7.26. The van der Waals surface area contributed by atoms with Gasteiger partial charge in [-0.2, -0.15) is 4.68 Å². The molecule has 1 fully saturated rings. The minimum Gasteiger partial charge on any atom is -0.423 e. The molecule has 1 aromatic heterocycles. The Bertz CT molecular complexity index is 862. The lowest BCUT2D eigenvalue weighted by Crippen LogP contribution is -2.45. The molecule has 1 aliphatic heterocycles. The lowest BCUT2D eigenvalue weighted by atomic mass is 10.2. The zero-order valence-corrected chi connectivity index (χ0v) is 15.8. The van der Waals surface area contributed by atoms with Crippen molar-refractivity contribution >= 4 is 0 Å². The highest BCUT2D eigenvalue weighted by molar-refractivity contribution is 5.34. The molecule has 2 aromatic carbocycles. The number of nitrogens with zero attached hydrogens (tertiary/aromatic N) is 5. The van der Waals surface area contributed by atoms with Gasteiger partial charge in [-0.1, -0.05) is 35.4 Å². The molecule has 8 nitrogen and oxygen atoms in total. The summed E-state index contributed by atoms with van der Waals surface area (Å²) >= 11 is 0. The normalized spacial score (nSPS) is 14.9. The van der Waals surface area contributed by atoms with Crippen LogP contribution in [0.4, 0.5) is 0 Å². The fourth-order valence-electron chi connectivity index (χ4n) is 3.20. The average molecular weight is 379 g/mol. The van der Waals surface area contributed by atoms with Crippen LogP contribution in [-0.2, 0) is 6.54 Å². The summed E-state index contributed by atoms with van der Waals surface area (Å²) in [5.74, 6) is 0.716. The third kappa shape index (κ3) is 4.92.